The minimum absolute atomic E-state index is 0.0860. The number of ether oxygens (including phenoxy) is 1. The van der Waals surface area contributed by atoms with Gasteiger partial charge < -0.3 is 18.9 Å². The third-order valence-corrected chi connectivity index (χ3v) is 11.7. The number of halogens is 2. The standard InChI is InChI=1S/C47H48F2N6O8/c1-47(2,19-22-61-21-4-6-30-5-3-7-38-42(30)63-46(60)55(38)37-17-16-34(56)24-39(37)57)25-40(58)29-11-14-33(15-12-29)54-26-35(41(53-54)43(48)49)51-44(59)36-27-62-45(52-36)31-18-20-50-32(23-31)13-10-28-8-9-28/h3,5,7,11-12,14-15,18,20,23,26-28,37,43H,4,6,8-10,13,16-17,19,21-22,24-25H2,1-2H3,(H,51,59). The van der Waals surface area contributed by atoms with Crippen molar-refractivity contribution in [3.63, 3.8) is 0 Å². The number of amides is 1. The molecule has 14 nitrogen and oxygen atoms in total. The van der Waals surface area contributed by atoms with Gasteiger partial charge in [0, 0.05) is 49.1 Å². The maximum Gasteiger partial charge on any atom is 0.420 e. The minimum Gasteiger partial charge on any atom is -0.444 e. The number of Topliss-reactive ketones (excluding diaryl/α,β-unsaturated/α-hetero) is 3. The average molecular weight is 863 g/mol. The molecule has 16 heteroatoms. The van der Waals surface area contributed by atoms with E-state index in [0.717, 1.165) is 30.0 Å². The van der Waals surface area contributed by atoms with E-state index in [-0.39, 0.29) is 60.3 Å². The van der Waals surface area contributed by atoms with Gasteiger partial charge in [-0.1, -0.05) is 38.8 Å². The molecule has 4 heterocycles. The zero-order valence-electron chi connectivity index (χ0n) is 35.1. The van der Waals surface area contributed by atoms with Crippen LogP contribution in [-0.2, 0) is 27.2 Å². The lowest BCUT2D eigenvalue weighted by Gasteiger charge is -2.23. The second-order valence-corrected chi connectivity index (χ2v) is 17.2. The van der Waals surface area contributed by atoms with Crippen molar-refractivity contribution in [2.45, 2.75) is 96.9 Å². The SMILES string of the molecule is CC(C)(CCOCCCc1cccc2c1oc(=O)n2C1CCC(=O)CC1=O)CC(=O)c1ccc(-n2cc(NC(=O)c3coc(-c4ccnc(CCC5CC5)c4)n3)c(C(F)F)n2)cc1. The molecule has 8 rings (SSSR count). The molecule has 0 spiro atoms. The van der Waals surface area contributed by atoms with Crippen molar-refractivity contribution in [1.29, 1.82) is 0 Å². The number of aromatic nitrogens is 5. The van der Waals surface area contributed by atoms with Gasteiger partial charge in [-0.3, -0.25) is 28.7 Å². The predicted molar refractivity (Wildman–Crippen MR) is 227 cm³/mol. The number of hydrogen-bond acceptors (Lipinski definition) is 11. The van der Waals surface area contributed by atoms with Crippen LogP contribution in [0.15, 0.2) is 86.9 Å². The van der Waals surface area contributed by atoms with E-state index in [1.54, 1.807) is 42.6 Å². The first-order chi connectivity index (χ1) is 30.3. The molecule has 2 saturated carbocycles. The molecule has 0 aliphatic heterocycles. The Morgan fingerprint density at radius 3 is 2.59 bits per heavy atom. The molecule has 1 unspecified atom stereocenters. The monoisotopic (exact) mass is 862 g/mol. The maximum atomic E-state index is 14.1. The lowest BCUT2D eigenvalue weighted by Crippen LogP contribution is -2.32. The van der Waals surface area contributed by atoms with Gasteiger partial charge in [-0.25, -0.2) is 23.2 Å². The van der Waals surface area contributed by atoms with Crippen LogP contribution in [0, 0.1) is 11.3 Å². The molecule has 1 atom stereocenters. The van der Waals surface area contributed by atoms with E-state index in [4.69, 9.17) is 13.6 Å². The Kier molecular flexibility index (Phi) is 12.7. The molecule has 0 saturated heterocycles. The zero-order chi connectivity index (χ0) is 44.3. The number of rotatable bonds is 19. The van der Waals surface area contributed by atoms with Gasteiger partial charge in [0.25, 0.3) is 12.3 Å². The molecule has 6 aromatic rings. The summed E-state index contributed by atoms with van der Waals surface area (Å²) >= 11 is 0. The first-order valence-electron chi connectivity index (χ1n) is 21.3. The second kappa shape index (κ2) is 18.5. The molecule has 2 aliphatic rings. The molecule has 2 fully saturated rings. The molecular formula is C47H48F2N6O8. The first kappa shape index (κ1) is 43.2. The van der Waals surface area contributed by atoms with Crippen LogP contribution in [0.4, 0.5) is 14.5 Å². The Morgan fingerprint density at radius 2 is 1.83 bits per heavy atom. The lowest BCUT2D eigenvalue weighted by atomic mass is 9.83. The zero-order valence-corrected chi connectivity index (χ0v) is 35.1. The van der Waals surface area contributed by atoms with E-state index in [1.807, 2.05) is 32.0 Å². The van der Waals surface area contributed by atoms with Crippen molar-refractivity contribution in [2.75, 3.05) is 18.5 Å². The quantitative estimate of drug-likeness (QED) is 0.0467. The van der Waals surface area contributed by atoms with E-state index >= 15 is 0 Å². The fraction of sp³-hybridized carbons (Fsp3) is 0.404. The van der Waals surface area contributed by atoms with Crippen LogP contribution in [0.5, 0.6) is 0 Å². The number of pyridine rings is 1. The molecule has 4 aromatic heterocycles. The van der Waals surface area contributed by atoms with Crippen LogP contribution in [0.1, 0.15) is 122 Å². The van der Waals surface area contributed by atoms with Crippen molar-refractivity contribution >= 4 is 40.0 Å². The van der Waals surface area contributed by atoms with E-state index in [0.29, 0.717) is 60.4 Å². The number of alkyl halides is 2. The van der Waals surface area contributed by atoms with Gasteiger partial charge in [-0.2, -0.15) is 5.10 Å². The molecular weight excluding hydrogens is 815 g/mol. The number of oxazole rings is 2. The van der Waals surface area contributed by atoms with Crippen LogP contribution in [0.2, 0.25) is 0 Å². The third kappa shape index (κ3) is 10.3. The highest BCUT2D eigenvalue weighted by molar-refractivity contribution is 6.04. The Morgan fingerprint density at radius 1 is 1.02 bits per heavy atom. The number of ketones is 3. The summed E-state index contributed by atoms with van der Waals surface area (Å²) < 4.78 is 47.9. The number of anilines is 1. The minimum atomic E-state index is -2.99. The first-order valence-corrected chi connectivity index (χ1v) is 21.3. The topological polar surface area (TPSA) is 181 Å². The number of benzene rings is 2. The van der Waals surface area contributed by atoms with Crippen LogP contribution in [-0.4, -0.2) is 60.8 Å². The highest BCUT2D eigenvalue weighted by Crippen LogP contribution is 2.34. The van der Waals surface area contributed by atoms with Crippen LogP contribution < -0.4 is 11.1 Å². The van der Waals surface area contributed by atoms with Gasteiger partial charge in [0.05, 0.1) is 35.6 Å². The summed E-state index contributed by atoms with van der Waals surface area (Å²) in [5.74, 6) is -0.862. The van der Waals surface area contributed by atoms with Crippen molar-refractivity contribution in [3.05, 3.63) is 112 Å². The Balaban J connectivity index is 0.812. The van der Waals surface area contributed by atoms with Crippen molar-refractivity contribution in [1.82, 2.24) is 24.3 Å². The fourth-order valence-corrected chi connectivity index (χ4v) is 7.96. The normalized spacial score (nSPS) is 15.7. The van der Waals surface area contributed by atoms with Gasteiger partial charge >= 0.3 is 5.76 Å². The highest BCUT2D eigenvalue weighted by atomic mass is 19.3. The Bertz CT molecular complexity index is 2710. The summed E-state index contributed by atoms with van der Waals surface area (Å²) in [6, 6.07) is 14.8. The van der Waals surface area contributed by atoms with Gasteiger partial charge in [0.1, 0.15) is 12.0 Å². The average Bonchev–Trinajstić information content (AvgIpc) is 3.60. The molecule has 0 radical (unpaired) electrons. The second-order valence-electron chi connectivity index (χ2n) is 17.2. The maximum absolute atomic E-state index is 14.1. The number of nitrogens with zero attached hydrogens (tertiary/aromatic N) is 5. The van der Waals surface area contributed by atoms with Crippen molar-refractivity contribution in [3.8, 4) is 17.1 Å². The van der Waals surface area contributed by atoms with Gasteiger partial charge in [-0.15, -0.1) is 0 Å². The van der Waals surface area contributed by atoms with Crippen molar-refractivity contribution < 1.29 is 41.5 Å². The number of aryl methyl sites for hydroxylation is 2. The molecule has 1 amide bonds. The van der Waals surface area contributed by atoms with Gasteiger partial charge in [0.15, 0.2) is 28.5 Å². The number of carbonyl (C=O) groups is 4. The van der Waals surface area contributed by atoms with Gasteiger partial charge in [0.2, 0.25) is 5.89 Å². The number of para-hydroxylation sites is 1. The molecule has 2 aromatic carbocycles. The highest BCUT2D eigenvalue weighted by Gasteiger charge is 2.32. The number of fused-ring (bicyclic) bond motifs is 1. The summed E-state index contributed by atoms with van der Waals surface area (Å²) in [6.07, 6.45) is 8.00. The Hall–Kier alpha value is -6.42. The largest absolute Gasteiger partial charge is 0.444 e. The molecule has 0 bridgehead atoms. The van der Waals surface area contributed by atoms with E-state index < -0.39 is 35.2 Å². The summed E-state index contributed by atoms with van der Waals surface area (Å²) in [4.78, 5) is 72.3. The number of nitrogens with one attached hydrogen (secondary N) is 1. The van der Waals surface area contributed by atoms with Crippen molar-refractivity contribution in [2.24, 2.45) is 11.3 Å². The third-order valence-electron chi connectivity index (χ3n) is 11.7. The Labute approximate surface area is 361 Å². The van der Waals surface area contributed by atoms with Gasteiger partial charge in [-0.05, 0) is 97.9 Å². The molecule has 2 aliphatic carbocycles. The smallest absolute Gasteiger partial charge is 0.420 e. The molecule has 63 heavy (non-hydrogen) atoms. The van der Waals surface area contributed by atoms with E-state index in [9.17, 15) is 32.8 Å². The summed E-state index contributed by atoms with van der Waals surface area (Å²) in [7, 11) is 0. The van der Waals surface area contributed by atoms with E-state index in [1.165, 1.54) is 34.6 Å². The number of carbonyl (C=O) groups excluding carboxylic acids is 4. The summed E-state index contributed by atoms with van der Waals surface area (Å²) in [5.41, 5.74) is 2.93. The summed E-state index contributed by atoms with van der Waals surface area (Å²) in [6.45, 7) is 4.84. The molecule has 328 valence electrons. The summed E-state index contributed by atoms with van der Waals surface area (Å²) in [5, 5.41) is 6.53. The molecule has 1 N–H and O–H groups in total. The predicted octanol–water partition coefficient (Wildman–Crippen LogP) is 8.86. The van der Waals surface area contributed by atoms with E-state index in [2.05, 4.69) is 20.4 Å². The van der Waals surface area contributed by atoms with Crippen LogP contribution in [0.3, 0.4) is 0 Å². The lowest BCUT2D eigenvalue weighted by molar-refractivity contribution is -0.132. The van der Waals surface area contributed by atoms with Crippen LogP contribution in [0.25, 0.3) is 28.2 Å². The fourth-order valence-electron chi connectivity index (χ4n) is 7.96. The van der Waals surface area contributed by atoms with Crippen LogP contribution >= 0.6 is 0 Å². The number of hydrogen-bond donors (Lipinski definition) is 1.